The van der Waals surface area contributed by atoms with Crippen LogP contribution in [0.4, 0.5) is 0 Å². The van der Waals surface area contributed by atoms with Gasteiger partial charge in [-0.1, -0.05) is 30.3 Å². The summed E-state index contributed by atoms with van der Waals surface area (Å²) in [4.78, 5) is 0. The topological polar surface area (TPSA) is 74.1 Å². The summed E-state index contributed by atoms with van der Waals surface area (Å²) in [5.41, 5.74) is 4.99. The fourth-order valence-electron chi connectivity index (χ4n) is 2.92. The van der Waals surface area contributed by atoms with E-state index in [1.54, 1.807) is 0 Å². The van der Waals surface area contributed by atoms with Crippen LogP contribution >= 0.6 is 0 Å². The molecule has 2 aromatic heterocycles. The Bertz CT molecular complexity index is 714. The number of H-pyrrole nitrogens is 2. The van der Waals surface area contributed by atoms with Crippen molar-refractivity contribution < 1.29 is 4.68 Å². The van der Waals surface area contributed by atoms with Gasteiger partial charge in [-0.3, -0.25) is 0 Å². The van der Waals surface area contributed by atoms with Gasteiger partial charge in [0.2, 0.25) is 11.5 Å². The van der Waals surface area contributed by atoms with E-state index in [2.05, 4.69) is 54.7 Å². The average Bonchev–Trinajstić information content (AvgIpc) is 3.18. The third-order valence-electron chi connectivity index (χ3n) is 3.82. The van der Waals surface area contributed by atoms with Crippen LogP contribution < -0.4 is 4.68 Å². The van der Waals surface area contributed by atoms with Crippen LogP contribution in [0.1, 0.15) is 23.2 Å². The first-order valence-electron chi connectivity index (χ1n) is 6.83. The highest BCUT2D eigenvalue weighted by molar-refractivity contribution is 5.55. The number of hydrogen-bond donors (Lipinski definition) is 2. The molecule has 3 aromatic rings. The maximum atomic E-state index is 4.09. The van der Waals surface area contributed by atoms with Gasteiger partial charge in [-0.25, -0.2) is 0 Å². The molecule has 0 saturated carbocycles. The molecule has 0 saturated heterocycles. The lowest BCUT2D eigenvalue weighted by atomic mass is 10.2. The smallest absolute Gasteiger partial charge is 0.177 e. The van der Waals surface area contributed by atoms with E-state index in [1.165, 1.54) is 23.2 Å². The number of benzene rings is 1. The van der Waals surface area contributed by atoms with E-state index in [0.717, 1.165) is 25.1 Å². The summed E-state index contributed by atoms with van der Waals surface area (Å²) in [6.07, 6.45) is 3.38. The van der Waals surface area contributed by atoms with Crippen molar-refractivity contribution in [2.24, 2.45) is 0 Å². The largest absolute Gasteiger partial charge is 0.226 e. The quantitative estimate of drug-likeness (QED) is 0.696. The Kier molecular flexibility index (Phi) is 2.58. The van der Waals surface area contributed by atoms with E-state index in [9.17, 15) is 0 Å². The Balaban J connectivity index is 1.76. The van der Waals surface area contributed by atoms with Crippen molar-refractivity contribution in [3.8, 4) is 11.5 Å². The number of nitrogens with zero attached hydrogens (tertiary/aromatic N) is 4. The van der Waals surface area contributed by atoms with Gasteiger partial charge >= 0.3 is 0 Å². The summed E-state index contributed by atoms with van der Waals surface area (Å²) in [6.45, 7) is 0.848. The molecular weight excluding hydrogens is 252 g/mol. The molecule has 0 radical (unpaired) electrons. The van der Waals surface area contributed by atoms with Crippen molar-refractivity contribution in [3.05, 3.63) is 47.2 Å². The minimum atomic E-state index is 0.648. The second kappa shape index (κ2) is 4.56. The molecule has 4 rings (SSSR count). The summed E-state index contributed by atoms with van der Waals surface area (Å²) >= 11 is 0. The van der Waals surface area contributed by atoms with Crippen molar-refractivity contribution in [2.45, 2.75) is 25.8 Å². The second-order valence-electron chi connectivity index (χ2n) is 5.07. The Morgan fingerprint density at radius 3 is 2.85 bits per heavy atom. The van der Waals surface area contributed by atoms with Crippen LogP contribution in [0.3, 0.4) is 0 Å². The van der Waals surface area contributed by atoms with E-state index in [1.807, 2.05) is 6.07 Å². The minimum Gasteiger partial charge on any atom is -0.177 e. The fraction of sp³-hybridized carbons (Fsp3) is 0.286. The van der Waals surface area contributed by atoms with Crippen LogP contribution in [0.25, 0.3) is 11.5 Å². The molecule has 1 aromatic carbocycles. The second-order valence-corrected chi connectivity index (χ2v) is 5.07. The molecule has 0 fully saturated rings. The Morgan fingerprint density at radius 2 is 2.05 bits per heavy atom. The van der Waals surface area contributed by atoms with Gasteiger partial charge in [-0.15, -0.1) is 14.9 Å². The summed E-state index contributed by atoms with van der Waals surface area (Å²) in [5.74, 6) is 0.648. The third-order valence-corrected chi connectivity index (χ3v) is 3.82. The van der Waals surface area contributed by atoms with Crippen molar-refractivity contribution in [2.75, 3.05) is 0 Å². The first-order valence-corrected chi connectivity index (χ1v) is 6.83. The predicted octanol–water partition coefficient (Wildman–Crippen LogP) is 1.02. The predicted molar refractivity (Wildman–Crippen MR) is 71.7 cm³/mol. The maximum absolute atomic E-state index is 4.09. The van der Waals surface area contributed by atoms with Gasteiger partial charge in [0.15, 0.2) is 12.2 Å². The molecule has 0 bridgehead atoms. The van der Waals surface area contributed by atoms with Gasteiger partial charge in [0.25, 0.3) is 0 Å². The van der Waals surface area contributed by atoms with Crippen molar-refractivity contribution in [1.82, 2.24) is 25.7 Å². The van der Waals surface area contributed by atoms with Crippen LogP contribution in [0.15, 0.2) is 30.3 Å². The van der Waals surface area contributed by atoms with Crippen molar-refractivity contribution in [3.63, 3.8) is 0 Å². The molecule has 6 heteroatoms. The highest BCUT2D eigenvalue weighted by Crippen LogP contribution is 2.27. The molecule has 20 heavy (non-hydrogen) atoms. The van der Waals surface area contributed by atoms with Gasteiger partial charge in [-0.2, -0.15) is 10.3 Å². The number of rotatable bonds is 3. The summed E-state index contributed by atoms with van der Waals surface area (Å²) < 4.78 is 2.21. The molecule has 0 unspecified atom stereocenters. The normalized spacial score (nSPS) is 13.6. The molecule has 1 aliphatic rings. The lowest BCUT2D eigenvalue weighted by Gasteiger charge is -1.96. The maximum Gasteiger partial charge on any atom is 0.226 e. The third kappa shape index (κ3) is 1.80. The molecular formula is C14H15N6+. The van der Waals surface area contributed by atoms with E-state index < -0.39 is 0 Å². The van der Waals surface area contributed by atoms with Crippen LogP contribution in [0.2, 0.25) is 0 Å². The number of nitrogens with one attached hydrogen (secondary N) is 2. The Hall–Kier alpha value is -2.50. The van der Waals surface area contributed by atoms with Gasteiger partial charge < -0.3 is 0 Å². The molecule has 100 valence electrons. The first-order chi connectivity index (χ1) is 9.92. The first kappa shape index (κ1) is 11.3. The van der Waals surface area contributed by atoms with Crippen LogP contribution in [0, 0.1) is 0 Å². The van der Waals surface area contributed by atoms with E-state index in [4.69, 9.17) is 0 Å². The number of aromatic amines is 2. The average molecular weight is 267 g/mol. The molecule has 0 aliphatic heterocycles. The zero-order chi connectivity index (χ0) is 13.4. The van der Waals surface area contributed by atoms with Gasteiger partial charge in [0, 0.05) is 12.0 Å². The highest BCUT2D eigenvalue weighted by atomic mass is 15.5. The Labute approximate surface area is 115 Å². The van der Waals surface area contributed by atoms with Gasteiger partial charge in [-0.05, 0) is 18.1 Å². The van der Waals surface area contributed by atoms with E-state index in [-0.39, 0.29) is 0 Å². The van der Waals surface area contributed by atoms with Crippen molar-refractivity contribution >= 4 is 0 Å². The summed E-state index contributed by atoms with van der Waals surface area (Å²) in [6, 6.07) is 10.5. The summed E-state index contributed by atoms with van der Waals surface area (Å²) in [5, 5.41) is 17.8. The molecule has 2 N–H and O–H groups in total. The van der Waals surface area contributed by atoms with E-state index in [0.29, 0.717) is 5.82 Å². The zero-order valence-corrected chi connectivity index (χ0v) is 11.0. The monoisotopic (exact) mass is 267 g/mol. The van der Waals surface area contributed by atoms with Crippen LogP contribution in [-0.4, -0.2) is 25.7 Å². The summed E-state index contributed by atoms with van der Waals surface area (Å²) in [7, 11) is 0. The number of fused-ring (bicyclic) bond motifs is 1. The van der Waals surface area contributed by atoms with Crippen LogP contribution in [0.5, 0.6) is 0 Å². The standard InChI is InChI=1S/C14H14N6/c1-2-5-10(6-3-1)9-20-12-8-4-7-11(12)13(17-20)14-15-18-19-16-14/h1-3,5-6H,4,7-9H2,(H,15,16,17,18,19)/p+1. The Morgan fingerprint density at radius 1 is 1.15 bits per heavy atom. The highest BCUT2D eigenvalue weighted by Gasteiger charge is 2.31. The van der Waals surface area contributed by atoms with Crippen molar-refractivity contribution in [1.29, 1.82) is 0 Å². The van der Waals surface area contributed by atoms with Crippen LogP contribution in [-0.2, 0) is 19.4 Å². The molecule has 6 nitrogen and oxygen atoms in total. The number of hydrogen-bond acceptors (Lipinski definition) is 3. The molecule has 2 heterocycles. The van der Waals surface area contributed by atoms with Gasteiger partial charge in [0.1, 0.15) is 0 Å². The zero-order valence-electron chi connectivity index (χ0n) is 11.0. The minimum absolute atomic E-state index is 0.648. The lowest BCUT2D eigenvalue weighted by molar-refractivity contribution is -0.747. The number of tetrazole rings is 1. The molecule has 0 amide bonds. The SMILES string of the molecule is c1ccc(C[n+]2[nH]c(-c3nn[nH]n3)c3c2CCC3)cc1. The molecule has 0 spiro atoms. The fourth-order valence-corrected chi connectivity index (χ4v) is 2.92. The lowest BCUT2D eigenvalue weighted by Crippen LogP contribution is -2.39. The molecule has 0 atom stereocenters. The van der Waals surface area contributed by atoms with Gasteiger partial charge in [0.05, 0.1) is 5.56 Å². The molecule has 1 aliphatic carbocycles. The number of aromatic nitrogens is 6. The van der Waals surface area contributed by atoms with E-state index >= 15 is 0 Å².